The Balaban J connectivity index is 2.19. The Morgan fingerprint density at radius 3 is 1.24 bits per heavy atom. The van der Waals surface area contributed by atoms with Gasteiger partial charge in [-0.1, -0.05) is 262 Å². The standard InChI is InChI=1S/C61H113NO8/c1-3-5-7-9-11-13-15-17-19-21-23-24-25-26-27-28-29-30-31-32-33-35-37-39-41-43-45-47-49-51-57(65)62-54(53-69-61-60(68)59(67)58(66)56(52-63)70-61)55(64)50-48-46-44-42-40-38-36-34-22-20-18-16-14-12-10-8-6-4-2/h15,17,21,23,25-26,48,50,54-56,58-61,63-64,66-68H,3-14,16,18-20,22,24,27-47,49,51-53H2,1-2H3,(H,62,65)/b17-15-,23-21-,26-25-,50-48+. The Morgan fingerprint density at radius 2 is 0.843 bits per heavy atom. The van der Waals surface area contributed by atoms with Gasteiger partial charge in [-0.05, 0) is 57.8 Å². The lowest BCUT2D eigenvalue weighted by Crippen LogP contribution is -2.60. The van der Waals surface area contributed by atoms with Gasteiger partial charge in [0.1, 0.15) is 24.4 Å². The van der Waals surface area contributed by atoms with E-state index in [4.69, 9.17) is 9.47 Å². The van der Waals surface area contributed by atoms with Gasteiger partial charge in [-0.3, -0.25) is 4.79 Å². The molecule has 9 heteroatoms. The molecule has 0 saturated carbocycles. The number of aliphatic hydroxyl groups is 5. The summed E-state index contributed by atoms with van der Waals surface area (Å²) in [5.41, 5.74) is 0. The molecule has 9 nitrogen and oxygen atoms in total. The van der Waals surface area contributed by atoms with Gasteiger partial charge in [0, 0.05) is 6.42 Å². The molecular weight excluding hydrogens is 875 g/mol. The molecular formula is C61H113NO8. The number of allylic oxidation sites excluding steroid dienone is 7. The van der Waals surface area contributed by atoms with E-state index in [9.17, 15) is 30.3 Å². The van der Waals surface area contributed by atoms with Crippen LogP contribution >= 0.6 is 0 Å². The molecule has 0 spiro atoms. The molecule has 70 heavy (non-hydrogen) atoms. The molecule has 1 amide bonds. The number of unbranched alkanes of at least 4 members (excludes halogenated alkanes) is 35. The molecule has 0 radical (unpaired) electrons. The second kappa shape index (κ2) is 50.7. The number of aliphatic hydroxyl groups excluding tert-OH is 5. The van der Waals surface area contributed by atoms with Crippen LogP contribution in [0, 0.1) is 0 Å². The first-order valence-corrected chi connectivity index (χ1v) is 29.9. The average Bonchev–Trinajstić information content (AvgIpc) is 3.36. The Labute approximate surface area is 431 Å². The van der Waals surface area contributed by atoms with Gasteiger partial charge < -0.3 is 40.3 Å². The van der Waals surface area contributed by atoms with Crippen LogP contribution in [0.15, 0.2) is 48.6 Å². The lowest BCUT2D eigenvalue weighted by molar-refractivity contribution is -0.302. The SMILES string of the molecule is CCCCCCC/C=C\C/C=C\C/C=C\CCCCCCCCCCCCCCCCC(=O)NC(COC1OC(CO)C(O)C(O)C1O)C(O)/C=C/CCCCCCCCCCCCCCCCCC. The summed E-state index contributed by atoms with van der Waals surface area (Å²) >= 11 is 0. The van der Waals surface area contributed by atoms with Crippen molar-refractivity contribution in [1.82, 2.24) is 5.32 Å². The van der Waals surface area contributed by atoms with Crippen LogP contribution in [0.1, 0.15) is 277 Å². The van der Waals surface area contributed by atoms with Crippen LogP contribution in [0.3, 0.4) is 0 Å². The van der Waals surface area contributed by atoms with Gasteiger partial charge in [0.25, 0.3) is 0 Å². The van der Waals surface area contributed by atoms with Crippen molar-refractivity contribution in [3.8, 4) is 0 Å². The van der Waals surface area contributed by atoms with E-state index in [0.717, 1.165) is 51.4 Å². The number of hydrogen-bond donors (Lipinski definition) is 6. The van der Waals surface area contributed by atoms with E-state index in [-0.39, 0.29) is 12.5 Å². The predicted molar refractivity (Wildman–Crippen MR) is 295 cm³/mol. The number of carbonyl (C=O) groups is 1. The fourth-order valence-corrected chi connectivity index (χ4v) is 9.40. The van der Waals surface area contributed by atoms with Crippen LogP contribution < -0.4 is 5.32 Å². The zero-order chi connectivity index (χ0) is 50.8. The molecule has 0 aromatic heterocycles. The molecule has 410 valence electrons. The molecule has 1 aliphatic rings. The molecule has 7 atom stereocenters. The van der Waals surface area contributed by atoms with Crippen molar-refractivity contribution in [2.75, 3.05) is 13.2 Å². The zero-order valence-electron chi connectivity index (χ0n) is 45.5. The van der Waals surface area contributed by atoms with Crippen molar-refractivity contribution in [2.45, 2.75) is 320 Å². The quantitative estimate of drug-likeness (QED) is 0.0261. The topological polar surface area (TPSA) is 149 Å². The highest BCUT2D eigenvalue weighted by atomic mass is 16.7. The molecule has 1 saturated heterocycles. The van der Waals surface area contributed by atoms with Crippen LogP contribution in [0.4, 0.5) is 0 Å². The van der Waals surface area contributed by atoms with Gasteiger partial charge in [0.15, 0.2) is 6.29 Å². The third-order valence-corrected chi connectivity index (χ3v) is 14.1. The maximum absolute atomic E-state index is 13.1. The van der Waals surface area contributed by atoms with Crippen molar-refractivity contribution in [3.63, 3.8) is 0 Å². The number of carbonyl (C=O) groups excluding carboxylic acids is 1. The largest absolute Gasteiger partial charge is 0.394 e. The fourth-order valence-electron chi connectivity index (χ4n) is 9.40. The smallest absolute Gasteiger partial charge is 0.220 e. The van der Waals surface area contributed by atoms with E-state index in [2.05, 4.69) is 55.6 Å². The first-order valence-electron chi connectivity index (χ1n) is 29.9. The maximum Gasteiger partial charge on any atom is 0.220 e. The highest BCUT2D eigenvalue weighted by molar-refractivity contribution is 5.76. The molecule has 0 aliphatic carbocycles. The molecule has 1 heterocycles. The van der Waals surface area contributed by atoms with Crippen molar-refractivity contribution < 1.29 is 39.8 Å². The Morgan fingerprint density at radius 1 is 0.486 bits per heavy atom. The lowest BCUT2D eigenvalue weighted by Gasteiger charge is -2.40. The van der Waals surface area contributed by atoms with E-state index < -0.39 is 49.5 Å². The normalized spacial score (nSPS) is 19.7. The Hall–Kier alpha value is -1.85. The second-order valence-electron chi connectivity index (χ2n) is 20.8. The highest BCUT2D eigenvalue weighted by Crippen LogP contribution is 2.23. The van der Waals surface area contributed by atoms with Gasteiger partial charge in [-0.25, -0.2) is 0 Å². The Bertz CT molecular complexity index is 1240. The van der Waals surface area contributed by atoms with E-state index in [1.54, 1.807) is 6.08 Å². The molecule has 1 rings (SSSR count). The summed E-state index contributed by atoms with van der Waals surface area (Å²) in [6.45, 7) is 3.79. The summed E-state index contributed by atoms with van der Waals surface area (Å²) in [6.07, 6.45) is 60.3. The van der Waals surface area contributed by atoms with E-state index in [1.165, 1.54) is 205 Å². The molecule has 0 aromatic carbocycles. The molecule has 0 aromatic rings. The first-order chi connectivity index (χ1) is 34.3. The van der Waals surface area contributed by atoms with Gasteiger partial charge >= 0.3 is 0 Å². The van der Waals surface area contributed by atoms with Gasteiger partial charge in [0.2, 0.25) is 5.91 Å². The Kier molecular flexibility index (Phi) is 47.9. The summed E-state index contributed by atoms with van der Waals surface area (Å²) in [5, 5.41) is 54.5. The van der Waals surface area contributed by atoms with Crippen LogP contribution in [0.2, 0.25) is 0 Å². The summed E-state index contributed by atoms with van der Waals surface area (Å²) in [7, 11) is 0. The van der Waals surface area contributed by atoms with Crippen molar-refractivity contribution in [2.24, 2.45) is 0 Å². The monoisotopic (exact) mass is 988 g/mol. The minimum Gasteiger partial charge on any atom is -0.394 e. The van der Waals surface area contributed by atoms with Gasteiger partial charge in [0.05, 0.1) is 25.4 Å². The lowest BCUT2D eigenvalue weighted by atomic mass is 9.99. The number of ether oxygens (including phenoxy) is 2. The number of nitrogens with one attached hydrogen (secondary N) is 1. The van der Waals surface area contributed by atoms with Gasteiger partial charge in [-0.15, -0.1) is 0 Å². The zero-order valence-corrected chi connectivity index (χ0v) is 45.5. The highest BCUT2D eigenvalue weighted by Gasteiger charge is 2.44. The molecule has 1 fully saturated rings. The number of rotatable bonds is 51. The van der Waals surface area contributed by atoms with Crippen molar-refractivity contribution in [1.29, 1.82) is 0 Å². The minimum absolute atomic E-state index is 0.176. The first kappa shape index (κ1) is 66.2. The van der Waals surface area contributed by atoms with Crippen LogP contribution in [0.5, 0.6) is 0 Å². The third kappa shape index (κ3) is 39.7. The number of amides is 1. The molecule has 1 aliphatic heterocycles. The molecule has 0 bridgehead atoms. The molecule has 6 N–H and O–H groups in total. The maximum atomic E-state index is 13.1. The van der Waals surface area contributed by atoms with Crippen LogP contribution in [-0.4, -0.2) is 87.5 Å². The molecule has 7 unspecified atom stereocenters. The van der Waals surface area contributed by atoms with Crippen LogP contribution in [-0.2, 0) is 14.3 Å². The minimum atomic E-state index is -1.57. The summed E-state index contributed by atoms with van der Waals surface area (Å²) < 4.78 is 11.3. The van der Waals surface area contributed by atoms with Crippen molar-refractivity contribution in [3.05, 3.63) is 48.6 Å². The van der Waals surface area contributed by atoms with Crippen LogP contribution in [0.25, 0.3) is 0 Å². The summed E-state index contributed by atoms with van der Waals surface area (Å²) in [6, 6.07) is -0.806. The average molecular weight is 989 g/mol. The summed E-state index contributed by atoms with van der Waals surface area (Å²) in [4.78, 5) is 13.1. The van der Waals surface area contributed by atoms with E-state index in [1.807, 2.05) is 6.08 Å². The summed E-state index contributed by atoms with van der Waals surface area (Å²) in [5.74, 6) is -0.176. The second-order valence-corrected chi connectivity index (χ2v) is 20.8. The van der Waals surface area contributed by atoms with Crippen molar-refractivity contribution >= 4 is 5.91 Å². The van der Waals surface area contributed by atoms with E-state index >= 15 is 0 Å². The fraction of sp³-hybridized carbons (Fsp3) is 0.852. The predicted octanol–water partition coefficient (Wildman–Crippen LogP) is 14.9. The van der Waals surface area contributed by atoms with E-state index in [0.29, 0.717) is 6.42 Å². The number of hydrogen-bond acceptors (Lipinski definition) is 8. The third-order valence-electron chi connectivity index (χ3n) is 14.1. The van der Waals surface area contributed by atoms with Gasteiger partial charge in [-0.2, -0.15) is 0 Å².